The Morgan fingerprint density at radius 3 is 2.31 bits per heavy atom. The van der Waals surface area contributed by atoms with Gasteiger partial charge in [-0.3, -0.25) is 14.5 Å². The summed E-state index contributed by atoms with van der Waals surface area (Å²) in [4.78, 5) is 43.3. The van der Waals surface area contributed by atoms with Crippen LogP contribution < -0.4 is 10.2 Å². The Labute approximate surface area is 191 Å². The number of anilines is 1. The van der Waals surface area contributed by atoms with E-state index in [9.17, 15) is 14.4 Å². The van der Waals surface area contributed by atoms with E-state index in [1.807, 2.05) is 12.1 Å². The number of likely N-dealkylation sites (N-methyl/N-ethyl adjacent to an activating group) is 1. The zero-order chi connectivity index (χ0) is 22.7. The number of urea groups is 1. The first-order valence-electron chi connectivity index (χ1n) is 12.1. The molecule has 4 rings (SSSR count). The van der Waals surface area contributed by atoms with Crippen molar-refractivity contribution in [2.75, 3.05) is 25.5 Å². The van der Waals surface area contributed by atoms with Gasteiger partial charge in [-0.2, -0.15) is 0 Å². The van der Waals surface area contributed by atoms with Crippen molar-refractivity contribution in [2.45, 2.75) is 82.3 Å². The van der Waals surface area contributed by atoms with Crippen LogP contribution in [0.4, 0.5) is 10.5 Å². The number of hydrogen-bond donors (Lipinski definition) is 1. The SMILES string of the molecule is CN(c1ccc(CNC(=O)CN2C(=O)N(C)C3(CCCCC3)C2=O)cc1)C1CCCCC1. The van der Waals surface area contributed by atoms with Gasteiger partial charge in [0.2, 0.25) is 5.91 Å². The Morgan fingerprint density at radius 1 is 1.03 bits per heavy atom. The van der Waals surface area contributed by atoms with Crippen LogP contribution in [0.15, 0.2) is 24.3 Å². The third kappa shape index (κ3) is 4.34. The minimum absolute atomic E-state index is 0.213. The summed E-state index contributed by atoms with van der Waals surface area (Å²) < 4.78 is 0. The molecule has 0 bridgehead atoms. The molecule has 4 amide bonds. The number of rotatable bonds is 6. The largest absolute Gasteiger partial charge is 0.372 e. The maximum absolute atomic E-state index is 13.0. The summed E-state index contributed by atoms with van der Waals surface area (Å²) in [5.41, 5.74) is 1.45. The topological polar surface area (TPSA) is 73.0 Å². The molecule has 2 aliphatic carbocycles. The van der Waals surface area contributed by atoms with Gasteiger partial charge in [0.25, 0.3) is 5.91 Å². The zero-order valence-electron chi connectivity index (χ0n) is 19.4. The summed E-state index contributed by atoms with van der Waals surface area (Å²) in [6.07, 6.45) is 10.8. The fraction of sp³-hybridized carbons (Fsp3) is 0.640. The van der Waals surface area contributed by atoms with E-state index in [-0.39, 0.29) is 24.4 Å². The van der Waals surface area contributed by atoms with Gasteiger partial charge in [0.15, 0.2) is 0 Å². The van der Waals surface area contributed by atoms with E-state index in [1.165, 1.54) is 37.8 Å². The molecule has 0 atom stereocenters. The first kappa shape index (κ1) is 22.6. The predicted molar refractivity (Wildman–Crippen MR) is 124 cm³/mol. The highest BCUT2D eigenvalue weighted by Crippen LogP contribution is 2.39. The fourth-order valence-corrected chi connectivity index (χ4v) is 5.60. The highest BCUT2D eigenvalue weighted by Gasteiger charge is 2.55. The molecular formula is C25H36N4O3. The van der Waals surface area contributed by atoms with Crippen LogP contribution >= 0.6 is 0 Å². The van der Waals surface area contributed by atoms with Gasteiger partial charge in [0.05, 0.1) is 0 Å². The predicted octanol–water partition coefficient (Wildman–Crippen LogP) is 3.67. The van der Waals surface area contributed by atoms with Crippen LogP contribution in [0, 0.1) is 0 Å². The summed E-state index contributed by atoms with van der Waals surface area (Å²) in [6.45, 7) is 0.162. The van der Waals surface area contributed by atoms with E-state index in [1.54, 1.807) is 11.9 Å². The van der Waals surface area contributed by atoms with Gasteiger partial charge >= 0.3 is 6.03 Å². The molecule has 1 N–H and O–H groups in total. The van der Waals surface area contributed by atoms with E-state index in [2.05, 4.69) is 29.4 Å². The highest BCUT2D eigenvalue weighted by atomic mass is 16.2. The maximum Gasteiger partial charge on any atom is 0.327 e. The number of nitrogens with zero attached hydrogens (tertiary/aromatic N) is 3. The Bertz CT molecular complexity index is 841. The van der Waals surface area contributed by atoms with Crippen molar-refractivity contribution in [3.05, 3.63) is 29.8 Å². The highest BCUT2D eigenvalue weighted by molar-refractivity contribution is 6.08. The van der Waals surface area contributed by atoms with Crippen molar-refractivity contribution in [2.24, 2.45) is 0 Å². The summed E-state index contributed by atoms with van der Waals surface area (Å²) in [5, 5.41) is 2.87. The molecule has 1 saturated heterocycles. The van der Waals surface area contributed by atoms with Gasteiger partial charge in [-0.25, -0.2) is 4.79 Å². The van der Waals surface area contributed by atoms with Crippen LogP contribution in [0.2, 0.25) is 0 Å². The maximum atomic E-state index is 13.0. The van der Waals surface area contributed by atoms with Gasteiger partial charge in [-0.05, 0) is 43.4 Å². The number of nitrogens with one attached hydrogen (secondary N) is 1. The lowest BCUT2D eigenvalue weighted by Gasteiger charge is -2.35. The lowest BCUT2D eigenvalue weighted by molar-refractivity contribution is -0.137. The van der Waals surface area contributed by atoms with Crippen molar-refractivity contribution >= 4 is 23.5 Å². The second kappa shape index (κ2) is 9.51. The Morgan fingerprint density at radius 2 is 1.66 bits per heavy atom. The van der Waals surface area contributed by atoms with Gasteiger partial charge in [0, 0.05) is 32.4 Å². The number of benzene rings is 1. The van der Waals surface area contributed by atoms with Crippen molar-refractivity contribution in [1.82, 2.24) is 15.1 Å². The first-order valence-corrected chi connectivity index (χ1v) is 12.1. The molecule has 3 fully saturated rings. The summed E-state index contributed by atoms with van der Waals surface area (Å²) >= 11 is 0. The number of carbonyl (C=O) groups is 3. The van der Waals surface area contributed by atoms with Crippen LogP contribution in [0.25, 0.3) is 0 Å². The normalized spacial score (nSPS) is 21.3. The number of amides is 4. The van der Waals surface area contributed by atoms with E-state index in [0.29, 0.717) is 25.4 Å². The van der Waals surface area contributed by atoms with Gasteiger partial charge in [-0.1, -0.05) is 50.7 Å². The second-order valence-corrected chi connectivity index (χ2v) is 9.67. The number of hydrogen-bond acceptors (Lipinski definition) is 4. The third-order valence-corrected chi connectivity index (χ3v) is 7.74. The molecule has 174 valence electrons. The molecule has 0 aromatic heterocycles. The van der Waals surface area contributed by atoms with Gasteiger partial charge in [-0.15, -0.1) is 0 Å². The van der Waals surface area contributed by atoms with Crippen LogP contribution in [-0.4, -0.2) is 59.9 Å². The molecule has 32 heavy (non-hydrogen) atoms. The summed E-state index contributed by atoms with van der Waals surface area (Å²) in [5.74, 6) is -0.522. The van der Waals surface area contributed by atoms with Crippen molar-refractivity contribution in [3.63, 3.8) is 0 Å². The molecule has 7 heteroatoms. The first-order chi connectivity index (χ1) is 15.4. The van der Waals surface area contributed by atoms with Gasteiger partial charge in [0.1, 0.15) is 12.1 Å². The number of carbonyl (C=O) groups excluding carboxylic acids is 3. The van der Waals surface area contributed by atoms with Crippen molar-refractivity contribution < 1.29 is 14.4 Å². The molecule has 1 aliphatic heterocycles. The minimum Gasteiger partial charge on any atom is -0.372 e. The molecule has 2 saturated carbocycles. The molecular weight excluding hydrogens is 404 g/mol. The average molecular weight is 441 g/mol. The lowest BCUT2D eigenvalue weighted by atomic mass is 9.81. The molecule has 3 aliphatic rings. The fourth-order valence-electron chi connectivity index (χ4n) is 5.60. The minimum atomic E-state index is -0.740. The molecule has 1 heterocycles. The van der Waals surface area contributed by atoms with E-state index in [0.717, 1.165) is 29.7 Å². The number of imide groups is 1. The van der Waals surface area contributed by atoms with Crippen LogP contribution in [-0.2, 0) is 16.1 Å². The van der Waals surface area contributed by atoms with E-state index >= 15 is 0 Å². The van der Waals surface area contributed by atoms with Crippen molar-refractivity contribution in [1.29, 1.82) is 0 Å². The molecule has 0 radical (unpaired) electrons. The van der Waals surface area contributed by atoms with E-state index in [4.69, 9.17) is 0 Å². The second-order valence-electron chi connectivity index (χ2n) is 9.67. The van der Waals surface area contributed by atoms with Gasteiger partial charge < -0.3 is 15.1 Å². The average Bonchev–Trinajstić information content (AvgIpc) is 3.00. The van der Waals surface area contributed by atoms with Crippen LogP contribution in [0.1, 0.15) is 69.8 Å². The zero-order valence-corrected chi connectivity index (χ0v) is 19.4. The van der Waals surface area contributed by atoms with Crippen LogP contribution in [0.3, 0.4) is 0 Å². The smallest absolute Gasteiger partial charge is 0.327 e. The summed E-state index contributed by atoms with van der Waals surface area (Å²) in [6, 6.07) is 8.52. The Balaban J connectivity index is 1.30. The quantitative estimate of drug-likeness (QED) is 0.685. The molecule has 1 aromatic rings. The standard InChI is InChI=1S/C25H36N4O3/c1-27(20-9-5-3-6-10-20)21-13-11-19(12-14-21)17-26-22(30)18-29-23(31)25(28(2)24(29)32)15-7-4-8-16-25/h11-14,20H,3-10,15-18H2,1-2H3,(H,26,30). The summed E-state index contributed by atoms with van der Waals surface area (Å²) in [7, 11) is 3.85. The molecule has 0 unspecified atom stereocenters. The molecule has 7 nitrogen and oxygen atoms in total. The molecule has 1 aromatic carbocycles. The van der Waals surface area contributed by atoms with Crippen molar-refractivity contribution in [3.8, 4) is 0 Å². The monoisotopic (exact) mass is 440 g/mol. The third-order valence-electron chi connectivity index (χ3n) is 7.74. The molecule has 1 spiro atoms. The Hall–Kier alpha value is -2.57. The lowest BCUT2D eigenvalue weighted by Crippen LogP contribution is -2.49. The van der Waals surface area contributed by atoms with E-state index < -0.39 is 5.54 Å². The Kier molecular flexibility index (Phi) is 6.72. The van der Waals surface area contributed by atoms with Crippen LogP contribution in [0.5, 0.6) is 0 Å².